The molecule has 3 heteroatoms. The first-order valence-corrected chi connectivity index (χ1v) is 9.74. The second kappa shape index (κ2) is 6.12. The number of benzene rings is 1. The summed E-state index contributed by atoms with van der Waals surface area (Å²) >= 11 is 0. The van der Waals surface area contributed by atoms with Crippen molar-refractivity contribution in [1.29, 1.82) is 0 Å². The quantitative estimate of drug-likeness (QED) is 0.742. The Morgan fingerprint density at radius 1 is 1.16 bits per heavy atom. The van der Waals surface area contributed by atoms with Crippen molar-refractivity contribution < 1.29 is 14.3 Å². The van der Waals surface area contributed by atoms with Crippen molar-refractivity contribution in [2.24, 2.45) is 17.3 Å². The number of fused-ring (bicyclic) bond motifs is 5. The summed E-state index contributed by atoms with van der Waals surface area (Å²) in [6.07, 6.45) is 7.73. The first-order valence-electron chi connectivity index (χ1n) is 9.74. The third kappa shape index (κ3) is 2.46. The van der Waals surface area contributed by atoms with Gasteiger partial charge in [0.25, 0.3) is 0 Å². The van der Waals surface area contributed by atoms with Crippen molar-refractivity contribution in [3.63, 3.8) is 0 Å². The molecule has 2 fully saturated rings. The van der Waals surface area contributed by atoms with Gasteiger partial charge in [0.05, 0.1) is 18.8 Å². The molecule has 1 aromatic rings. The first-order chi connectivity index (χ1) is 12.0. The van der Waals surface area contributed by atoms with E-state index in [-0.39, 0.29) is 5.78 Å². The molecule has 2 saturated carbocycles. The van der Waals surface area contributed by atoms with Crippen molar-refractivity contribution in [3.8, 4) is 5.75 Å². The number of carbonyl (C=O) groups is 1. The number of aryl methyl sites for hydroxylation is 1. The molecule has 0 spiro atoms. The number of rotatable bonds is 3. The largest absolute Gasteiger partial charge is 0.496 e. The summed E-state index contributed by atoms with van der Waals surface area (Å²) in [5.74, 6) is 2.93. The molecule has 0 amide bonds. The number of ketones is 1. The number of hydrogen-bond acceptors (Lipinski definition) is 3. The van der Waals surface area contributed by atoms with Crippen molar-refractivity contribution in [3.05, 3.63) is 28.8 Å². The molecule has 0 bridgehead atoms. The summed E-state index contributed by atoms with van der Waals surface area (Å²) in [7, 11) is 3.54. The van der Waals surface area contributed by atoms with E-state index < -0.39 is 0 Å². The Bertz CT molecular complexity index is 695. The maximum absolute atomic E-state index is 12.1. The SMILES string of the molecule is COc1cc2c(cc1C(C)=O)C1CC[C@]3(C)C(OC)CCC3C1CC2. The summed E-state index contributed by atoms with van der Waals surface area (Å²) in [5.41, 5.74) is 3.90. The van der Waals surface area contributed by atoms with E-state index in [4.69, 9.17) is 9.47 Å². The normalized spacial score (nSPS) is 36.3. The molecule has 0 aromatic heterocycles. The Labute approximate surface area is 151 Å². The van der Waals surface area contributed by atoms with Crippen LogP contribution in [0, 0.1) is 17.3 Å². The lowest BCUT2D eigenvalue weighted by atomic mass is 9.55. The average molecular weight is 342 g/mol. The summed E-state index contributed by atoms with van der Waals surface area (Å²) in [5, 5.41) is 0. The maximum atomic E-state index is 12.1. The fraction of sp³-hybridized carbons (Fsp3) is 0.682. The van der Waals surface area contributed by atoms with Crippen molar-refractivity contribution in [2.45, 2.75) is 64.4 Å². The van der Waals surface area contributed by atoms with E-state index in [1.807, 2.05) is 7.11 Å². The van der Waals surface area contributed by atoms with Crippen LogP contribution in [0.25, 0.3) is 0 Å². The molecule has 0 radical (unpaired) electrons. The molecule has 3 aliphatic rings. The number of methoxy groups -OCH3 is 2. The van der Waals surface area contributed by atoms with E-state index in [0.717, 1.165) is 29.6 Å². The van der Waals surface area contributed by atoms with Crippen molar-refractivity contribution in [2.75, 3.05) is 14.2 Å². The van der Waals surface area contributed by atoms with Crippen LogP contribution in [0.5, 0.6) is 5.75 Å². The predicted octanol–water partition coefficient (Wildman–Crippen LogP) is 4.77. The van der Waals surface area contributed by atoms with E-state index >= 15 is 0 Å². The zero-order valence-electron chi connectivity index (χ0n) is 15.9. The maximum Gasteiger partial charge on any atom is 0.163 e. The van der Waals surface area contributed by atoms with Crippen LogP contribution in [-0.2, 0) is 11.2 Å². The summed E-state index contributed by atoms with van der Waals surface area (Å²) in [6, 6.07) is 4.28. The van der Waals surface area contributed by atoms with Gasteiger partial charge >= 0.3 is 0 Å². The Hall–Kier alpha value is -1.35. The minimum Gasteiger partial charge on any atom is -0.496 e. The Balaban J connectivity index is 1.72. The van der Waals surface area contributed by atoms with Gasteiger partial charge in [-0.15, -0.1) is 0 Å². The smallest absolute Gasteiger partial charge is 0.163 e. The van der Waals surface area contributed by atoms with Crippen LogP contribution in [-0.4, -0.2) is 26.1 Å². The molecule has 0 heterocycles. The fourth-order valence-corrected chi connectivity index (χ4v) is 6.38. The highest BCUT2D eigenvalue weighted by Crippen LogP contribution is 2.61. The molecule has 25 heavy (non-hydrogen) atoms. The minimum absolute atomic E-state index is 0.0998. The Morgan fingerprint density at radius 2 is 1.96 bits per heavy atom. The van der Waals surface area contributed by atoms with Gasteiger partial charge in [0.2, 0.25) is 0 Å². The van der Waals surface area contributed by atoms with Crippen LogP contribution in [0.2, 0.25) is 0 Å². The van der Waals surface area contributed by atoms with Crippen LogP contribution < -0.4 is 4.74 Å². The van der Waals surface area contributed by atoms with E-state index in [1.54, 1.807) is 14.0 Å². The highest BCUT2D eigenvalue weighted by Gasteiger charge is 2.55. The summed E-state index contributed by atoms with van der Waals surface area (Å²) in [4.78, 5) is 12.1. The van der Waals surface area contributed by atoms with Crippen molar-refractivity contribution >= 4 is 5.78 Å². The van der Waals surface area contributed by atoms with Crippen molar-refractivity contribution in [1.82, 2.24) is 0 Å². The van der Waals surface area contributed by atoms with Gasteiger partial charge in [-0.1, -0.05) is 6.92 Å². The summed E-state index contributed by atoms with van der Waals surface area (Å²) < 4.78 is 11.3. The number of ether oxygens (including phenoxy) is 2. The van der Waals surface area contributed by atoms with Gasteiger partial charge in [-0.05, 0) is 91.9 Å². The summed E-state index contributed by atoms with van der Waals surface area (Å²) in [6.45, 7) is 4.10. The molecular weight excluding hydrogens is 312 g/mol. The molecule has 5 atom stereocenters. The topological polar surface area (TPSA) is 35.5 Å². The van der Waals surface area contributed by atoms with E-state index in [0.29, 0.717) is 17.4 Å². The molecular formula is C22H30O3. The first kappa shape index (κ1) is 17.1. The highest BCUT2D eigenvalue weighted by atomic mass is 16.5. The second-order valence-corrected chi connectivity index (χ2v) is 8.57. The van der Waals surface area contributed by atoms with E-state index in [1.165, 1.54) is 43.2 Å². The molecule has 0 N–H and O–H groups in total. The van der Waals surface area contributed by atoms with Gasteiger partial charge in [0.1, 0.15) is 5.75 Å². The number of Topliss-reactive ketones (excluding diaryl/α,β-unsaturated/α-hetero) is 1. The van der Waals surface area contributed by atoms with Crippen LogP contribution in [0.3, 0.4) is 0 Å². The Morgan fingerprint density at radius 3 is 2.64 bits per heavy atom. The third-order valence-electron chi connectivity index (χ3n) is 7.62. The number of hydrogen-bond donors (Lipinski definition) is 0. The molecule has 4 unspecified atom stereocenters. The lowest BCUT2D eigenvalue weighted by Gasteiger charge is -2.50. The zero-order chi connectivity index (χ0) is 17.8. The third-order valence-corrected chi connectivity index (χ3v) is 7.62. The standard InChI is InChI=1S/C22H30O3/c1-13(23)17-12-18-14(11-20(17)24-3)5-6-16-15(18)9-10-22(2)19(16)7-8-21(22)25-4/h11-12,15-16,19,21H,5-10H2,1-4H3/t15?,16?,19?,21?,22-/m0/s1. The lowest BCUT2D eigenvalue weighted by Crippen LogP contribution is -2.44. The van der Waals surface area contributed by atoms with Gasteiger partial charge in [0.15, 0.2) is 5.78 Å². The van der Waals surface area contributed by atoms with Gasteiger partial charge in [-0.2, -0.15) is 0 Å². The highest BCUT2D eigenvalue weighted by molar-refractivity contribution is 5.97. The zero-order valence-corrected chi connectivity index (χ0v) is 15.9. The Kier molecular flexibility index (Phi) is 4.18. The molecule has 136 valence electrons. The van der Waals surface area contributed by atoms with Crippen LogP contribution in [0.4, 0.5) is 0 Å². The molecule has 0 saturated heterocycles. The lowest BCUT2D eigenvalue weighted by molar-refractivity contribution is -0.0444. The van der Waals surface area contributed by atoms with Crippen LogP contribution in [0.1, 0.15) is 73.4 Å². The molecule has 3 nitrogen and oxygen atoms in total. The van der Waals surface area contributed by atoms with Gasteiger partial charge in [-0.25, -0.2) is 0 Å². The average Bonchev–Trinajstić information content (AvgIpc) is 2.96. The van der Waals surface area contributed by atoms with E-state index in [9.17, 15) is 4.79 Å². The van der Waals surface area contributed by atoms with Gasteiger partial charge in [-0.3, -0.25) is 4.79 Å². The predicted molar refractivity (Wildman–Crippen MR) is 98.4 cm³/mol. The monoisotopic (exact) mass is 342 g/mol. The molecule has 3 aliphatic carbocycles. The molecule has 4 rings (SSSR count). The molecule has 0 aliphatic heterocycles. The van der Waals surface area contributed by atoms with Gasteiger partial charge < -0.3 is 9.47 Å². The van der Waals surface area contributed by atoms with E-state index in [2.05, 4.69) is 19.1 Å². The number of carbonyl (C=O) groups excluding carboxylic acids is 1. The van der Waals surface area contributed by atoms with Crippen LogP contribution >= 0.6 is 0 Å². The minimum atomic E-state index is 0.0998. The fourth-order valence-electron chi connectivity index (χ4n) is 6.38. The van der Waals surface area contributed by atoms with Gasteiger partial charge in [0, 0.05) is 7.11 Å². The second-order valence-electron chi connectivity index (χ2n) is 8.57. The van der Waals surface area contributed by atoms with Crippen LogP contribution in [0.15, 0.2) is 12.1 Å². The molecule has 1 aromatic carbocycles.